The van der Waals surface area contributed by atoms with Gasteiger partial charge in [-0.3, -0.25) is 0 Å². The summed E-state index contributed by atoms with van der Waals surface area (Å²) in [5.74, 6) is 0.653. The number of rotatable bonds is 3. The third-order valence-corrected chi connectivity index (χ3v) is 5.44. The van der Waals surface area contributed by atoms with Crippen LogP contribution in [0.25, 0.3) is 11.0 Å². The van der Waals surface area contributed by atoms with Crippen molar-refractivity contribution in [2.75, 3.05) is 0 Å². The van der Waals surface area contributed by atoms with Crippen LogP contribution in [0.4, 0.5) is 0 Å². The topological polar surface area (TPSA) is 17.8 Å². The molecule has 0 amide bonds. The Balaban J connectivity index is 0.000000235. The average Bonchev–Trinajstić information content (AvgIpc) is 3.15. The Labute approximate surface area is 208 Å². The molecule has 0 aliphatic rings. The zero-order valence-corrected chi connectivity index (χ0v) is 22.9. The first kappa shape index (κ1) is 26.6. The van der Waals surface area contributed by atoms with E-state index in [9.17, 15) is 0 Å². The summed E-state index contributed by atoms with van der Waals surface area (Å²) in [6.07, 6.45) is 1.93. The minimum absolute atomic E-state index is 0.346. The monoisotopic (exact) mass is 556 g/mol. The second kappa shape index (κ2) is 13.1. The van der Waals surface area contributed by atoms with Crippen LogP contribution in [0.3, 0.4) is 0 Å². The number of benzene rings is 3. The maximum absolute atomic E-state index is 4.85. The van der Waals surface area contributed by atoms with Crippen LogP contribution in [0.2, 0.25) is 0 Å². The summed E-state index contributed by atoms with van der Waals surface area (Å²) in [6.45, 7) is 14.0. The van der Waals surface area contributed by atoms with Crippen LogP contribution in [0.15, 0.2) is 67.0 Å². The fourth-order valence-corrected chi connectivity index (χ4v) is 3.72. The molecule has 4 rings (SSSR count). The molecule has 2 nitrogen and oxygen atoms in total. The Morgan fingerprint density at radius 2 is 1.41 bits per heavy atom. The van der Waals surface area contributed by atoms with E-state index in [1.807, 2.05) is 12.4 Å². The second-order valence-electron chi connectivity index (χ2n) is 8.35. The third-order valence-electron chi connectivity index (χ3n) is 5.44. The number of nitrogens with zero attached hydrogens (tertiary/aromatic N) is 2. The van der Waals surface area contributed by atoms with Crippen molar-refractivity contribution in [1.29, 1.82) is 0 Å². The van der Waals surface area contributed by atoms with Crippen LogP contribution in [-0.4, -0.2) is 9.55 Å². The third kappa shape index (κ3) is 7.73. The van der Waals surface area contributed by atoms with Crippen molar-refractivity contribution in [3.63, 3.8) is 0 Å². The van der Waals surface area contributed by atoms with E-state index in [-0.39, 0.29) is 15.1 Å². The van der Waals surface area contributed by atoms with E-state index < -0.39 is 0 Å². The molecule has 172 valence electrons. The van der Waals surface area contributed by atoms with Gasteiger partial charge in [-0.15, -0.1) is 0 Å². The van der Waals surface area contributed by atoms with Crippen molar-refractivity contribution in [3.05, 3.63) is 100 Å². The first-order valence-electron chi connectivity index (χ1n) is 10.6. The van der Waals surface area contributed by atoms with Crippen LogP contribution in [0.5, 0.6) is 0 Å². The molecule has 1 aromatic heterocycles. The van der Waals surface area contributed by atoms with Gasteiger partial charge in [0, 0.05) is 6.54 Å². The first-order chi connectivity index (χ1) is 15.3. The van der Waals surface area contributed by atoms with Crippen LogP contribution in [0.1, 0.15) is 53.1 Å². The van der Waals surface area contributed by atoms with E-state index in [0.29, 0.717) is 5.92 Å². The molecular weight excluding hydrogens is 524 g/mol. The Morgan fingerprint density at radius 1 is 0.844 bits per heavy atom. The van der Waals surface area contributed by atoms with Gasteiger partial charge in [0.2, 0.25) is 0 Å². The number of hydrogen-bond donors (Lipinski definition) is 0. The van der Waals surface area contributed by atoms with Gasteiger partial charge in [0.1, 0.15) is 0 Å². The summed E-state index contributed by atoms with van der Waals surface area (Å²) < 4.78 is 2.22. The van der Waals surface area contributed by atoms with E-state index in [1.54, 1.807) is 0 Å². The summed E-state index contributed by atoms with van der Waals surface area (Å²) in [6, 6.07) is 21.5. The fourth-order valence-electron chi connectivity index (χ4n) is 3.72. The summed E-state index contributed by atoms with van der Waals surface area (Å²) >= 11 is -0.346. The van der Waals surface area contributed by atoms with Crippen LogP contribution in [-0.2, 0) is 21.7 Å². The molecule has 0 saturated heterocycles. The molecule has 3 aromatic carbocycles. The molecule has 0 bridgehead atoms. The summed E-state index contributed by atoms with van der Waals surface area (Å²) in [7, 11) is 9.71. The van der Waals surface area contributed by atoms with E-state index in [4.69, 9.17) is 19.4 Å². The Kier molecular flexibility index (Phi) is 10.9. The number of aromatic nitrogens is 2. The van der Waals surface area contributed by atoms with Crippen LogP contribution >= 0.6 is 19.4 Å². The maximum atomic E-state index is 4.85. The summed E-state index contributed by atoms with van der Waals surface area (Å²) in [5.41, 5.74) is 10.5. The Morgan fingerprint density at radius 3 is 1.97 bits per heavy atom. The van der Waals surface area contributed by atoms with Crippen molar-refractivity contribution in [1.82, 2.24) is 9.55 Å². The van der Waals surface area contributed by atoms with Gasteiger partial charge < -0.3 is 4.57 Å². The van der Waals surface area contributed by atoms with Gasteiger partial charge in [-0.2, -0.15) is 0 Å². The Bertz CT molecular complexity index is 1100. The number of halogens is 2. The molecule has 0 radical (unpaired) electrons. The zero-order valence-electron chi connectivity index (χ0n) is 19.6. The van der Waals surface area contributed by atoms with E-state index in [1.165, 1.54) is 38.9 Å². The second-order valence-corrected chi connectivity index (χ2v) is 11.0. The van der Waals surface area contributed by atoms with Gasteiger partial charge in [-0.1, -0.05) is 73.5 Å². The molecule has 0 unspecified atom stereocenters. The molecule has 0 fully saturated rings. The van der Waals surface area contributed by atoms with Gasteiger partial charge in [-0.25, -0.2) is 4.98 Å². The molecule has 32 heavy (non-hydrogen) atoms. The van der Waals surface area contributed by atoms with Crippen molar-refractivity contribution in [2.45, 2.75) is 54.0 Å². The van der Waals surface area contributed by atoms with E-state index in [0.717, 1.165) is 12.1 Å². The van der Waals surface area contributed by atoms with Crippen molar-refractivity contribution >= 4 is 30.4 Å². The van der Waals surface area contributed by atoms with Crippen LogP contribution < -0.4 is 0 Å². The van der Waals surface area contributed by atoms with Gasteiger partial charge in [-0.05, 0) is 68.0 Å². The summed E-state index contributed by atoms with van der Waals surface area (Å²) in [5, 5.41) is 0. The number of fused-ring (bicyclic) bond motifs is 1. The normalized spacial score (nSPS) is 10.5. The Hall–Kier alpha value is -1.67. The summed E-state index contributed by atoms with van der Waals surface area (Å²) in [4.78, 5) is 4.45. The zero-order chi connectivity index (χ0) is 23.7. The molecule has 0 aliphatic heterocycles. The van der Waals surface area contributed by atoms with E-state index in [2.05, 4.69) is 106 Å². The first-order valence-corrected chi connectivity index (χ1v) is 15.1. The molecule has 0 saturated carbocycles. The van der Waals surface area contributed by atoms with Crippen molar-refractivity contribution < 1.29 is 15.1 Å². The quantitative estimate of drug-likeness (QED) is 0.231. The SMILES string of the molecule is Cc1cc(C)c(Cn2cnc3ccccc32)c(C)c1.Cc1ccc(C(C)C)cc1.[Cl][Ru][Cl]. The number of hydrogen-bond acceptors (Lipinski definition) is 1. The van der Waals surface area contributed by atoms with Gasteiger partial charge in [0.15, 0.2) is 0 Å². The molecule has 0 aliphatic carbocycles. The molecule has 0 N–H and O–H groups in total. The van der Waals surface area contributed by atoms with Crippen molar-refractivity contribution in [2.24, 2.45) is 0 Å². The molecule has 1 heterocycles. The van der Waals surface area contributed by atoms with Gasteiger partial charge in [0.05, 0.1) is 17.4 Å². The number of imidazole rings is 1. The van der Waals surface area contributed by atoms with E-state index >= 15 is 0 Å². The number of para-hydroxylation sites is 2. The standard InChI is InChI=1S/C17H18N2.C10H14.2ClH.Ru/c1-12-8-13(2)15(14(3)9-12)10-19-11-18-16-6-4-5-7-17(16)19;1-8(2)10-6-4-9(3)5-7-10;;;/h4-9,11H,10H2,1-3H3;4-8H,1-3H3;2*1H;/q;;;;+2/p-2. The molecule has 0 atom stereocenters. The van der Waals surface area contributed by atoms with Gasteiger partial charge in [0.25, 0.3) is 0 Å². The predicted octanol–water partition coefficient (Wildman–Crippen LogP) is 8.50. The van der Waals surface area contributed by atoms with Crippen molar-refractivity contribution in [3.8, 4) is 0 Å². The molecule has 0 spiro atoms. The number of aryl methyl sites for hydroxylation is 4. The average molecular weight is 557 g/mol. The molecule has 4 aromatic rings. The van der Waals surface area contributed by atoms with Crippen LogP contribution in [0, 0.1) is 27.7 Å². The van der Waals surface area contributed by atoms with Gasteiger partial charge >= 0.3 is 34.5 Å². The predicted molar refractivity (Wildman–Crippen MR) is 136 cm³/mol. The molecule has 5 heteroatoms. The minimum atomic E-state index is -0.346. The fraction of sp³-hybridized carbons (Fsp3) is 0.296. The molecular formula is C27H32Cl2N2Ru.